The number of anilines is 1. The Morgan fingerprint density at radius 2 is 1.82 bits per heavy atom. The number of nitrogens with zero attached hydrogens (tertiary/aromatic N) is 6. The van der Waals surface area contributed by atoms with Crippen molar-refractivity contribution in [2.75, 3.05) is 58.3 Å². The van der Waals surface area contributed by atoms with E-state index in [9.17, 15) is 4.79 Å². The number of hydrogen-bond donors (Lipinski definition) is 1. The van der Waals surface area contributed by atoms with E-state index in [4.69, 9.17) is 4.99 Å². The van der Waals surface area contributed by atoms with E-state index in [-0.39, 0.29) is 11.3 Å². The first-order chi connectivity index (χ1) is 13.6. The zero-order chi connectivity index (χ0) is 20.0. The second-order valence-electron chi connectivity index (χ2n) is 7.88. The Morgan fingerprint density at radius 3 is 2.39 bits per heavy atom. The van der Waals surface area contributed by atoms with Gasteiger partial charge in [-0.15, -0.1) is 0 Å². The van der Waals surface area contributed by atoms with Gasteiger partial charge >= 0.3 is 0 Å². The third-order valence-corrected chi connectivity index (χ3v) is 5.70. The van der Waals surface area contributed by atoms with Crippen LogP contribution in [0.15, 0.2) is 23.5 Å². The standard InChI is InChI=1S/C20H33N7O/c1-4-21-18(24-16-20(8-5-6-9-20)17(28)25(2)3)26-12-14-27(15-13-26)19-22-10-7-11-23-19/h7,10-11H,4-6,8-9,12-16H2,1-3H3,(H,21,24). The highest BCUT2D eigenvalue weighted by Gasteiger charge is 2.42. The van der Waals surface area contributed by atoms with Crippen molar-refractivity contribution in [2.24, 2.45) is 10.4 Å². The largest absolute Gasteiger partial charge is 0.357 e. The summed E-state index contributed by atoms with van der Waals surface area (Å²) in [6.45, 7) is 6.90. The van der Waals surface area contributed by atoms with E-state index in [1.807, 2.05) is 20.2 Å². The summed E-state index contributed by atoms with van der Waals surface area (Å²) in [4.78, 5) is 32.7. The molecule has 0 unspecified atom stereocenters. The van der Waals surface area contributed by atoms with Gasteiger partial charge in [0.2, 0.25) is 11.9 Å². The topological polar surface area (TPSA) is 77.0 Å². The highest BCUT2D eigenvalue weighted by molar-refractivity contribution is 5.84. The molecule has 0 spiro atoms. The van der Waals surface area contributed by atoms with Gasteiger partial charge in [0.15, 0.2) is 5.96 Å². The SMILES string of the molecule is CCNC(=NCC1(C(=O)N(C)C)CCCC1)N1CCN(c2ncccn2)CC1. The van der Waals surface area contributed by atoms with Gasteiger partial charge in [0.1, 0.15) is 0 Å². The van der Waals surface area contributed by atoms with Gasteiger partial charge in [-0.3, -0.25) is 9.79 Å². The number of nitrogens with one attached hydrogen (secondary N) is 1. The summed E-state index contributed by atoms with van der Waals surface area (Å²) in [7, 11) is 3.70. The normalized spacial score (nSPS) is 19.6. The molecular weight excluding hydrogens is 354 g/mol. The van der Waals surface area contributed by atoms with Crippen molar-refractivity contribution in [1.29, 1.82) is 0 Å². The van der Waals surface area contributed by atoms with Crippen LogP contribution in [-0.4, -0.2) is 85.0 Å². The molecule has 1 aromatic rings. The van der Waals surface area contributed by atoms with E-state index in [0.29, 0.717) is 6.54 Å². The molecule has 1 aliphatic carbocycles. The van der Waals surface area contributed by atoms with E-state index in [1.54, 1.807) is 17.3 Å². The summed E-state index contributed by atoms with van der Waals surface area (Å²) in [6.07, 6.45) is 7.66. The van der Waals surface area contributed by atoms with Gasteiger partial charge in [-0.25, -0.2) is 9.97 Å². The summed E-state index contributed by atoms with van der Waals surface area (Å²) in [6, 6.07) is 1.84. The molecule has 8 nitrogen and oxygen atoms in total. The molecule has 0 radical (unpaired) electrons. The highest BCUT2D eigenvalue weighted by atomic mass is 16.2. The molecule has 2 heterocycles. The smallest absolute Gasteiger partial charge is 0.230 e. The number of carbonyl (C=O) groups excluding carboxylic acids is 1. The summed E-state index contributed by atoms with van der Waals surface area (Å²) in [5.41, 5.74) is -0.329. The lowest BCUT2D eigenvalue weighted by Crippen LogP contribution is -2.53. The van der Waals surface area contributed by atoms with Crippen LogP contribution >= 0.6 is 0 Å². The first kappa shape index (κ1) is 20.4. The molecule has 1 saturated heterocycles. The van der Waals surface area contributed by atoms with Crippen molar-refractivity contribution >= 4 is 17.8 Å². The lowest BCUT2D eigenvalue weighted by Gasteiger charge is -2.37. The van der Waals surface area contributed by atoms with E-state index in [2.05, 4.69) is 32.0 Å². The van der Waals surface area contributed by atoms with Crippen LogP contribution in [0.4, 0.5) is 5.95 Å². The number of carbonyl (C=O) groups is 1. The number of rotatable bonds is 5. The van der Waals surface area contributed by atoms with Crippen LogP contribution in [0, 0.1) is 5.41 Å². The van der Waals surface area contributed by atoms with Crippen LogP contribution in [0.2, 0.25) is 0 Å². The Labute approximate surface area is 168 Å². The second-order valence-corrected chi connectivity index (χ2v) is 7.88. The van der Waals surface area contributed by atoms with Gasteiger partial charge in [-0.05, 0) is 25.8 Å². The van der Waals surface area contributed by atoms with Crippen LogP contribution in [0.25, 0.3) is 0 Å². The first-order valence-electron chi connectivity index (χ1n) is 10.3. The van der Waals surface area contributed by atoms with Crippen molar-refractivity contribution in [3.63, 3.8) is 0 Å². The number of aromatic nitrogens is 2. The Morgan fingerprint density at radius 1 is 1.18 bits per heavy atom. The number of hydrogen-bond acceptors (Lipinski definition) is 5. The molecule has 1 N–H and O–H groups in total. The van der Waals surface area contributed by atoms with Crippen LogP contribution in [0.5, 0.6) is 0 Å². The molecule has 3 rings (SSSR count). The van der Waals surface area contributed by atoms with Crippen molar-refractivity contribution in [3.8, 4) is 0 Å². The lowest BCUT2D eigenvalue weighted by atomic mass is 9.85. The molecule has 8 heteroatoms. The molecule has 2 aliphatic rings. The third kappa shape index (κ3) is 4.54. The fraction of sp³-hybridized carbons (Fsp3) is 0.700. The third-order valence-electron chi connectivity index (χ3n) is 5.70. The maximum atomic E-state index is 12.8. The zero-order valence-corrected chi connectivity index (χ0v) is 17.4. The molecule has 154 valence electrons. The fourth-order valence-electron chi connectivity index (χ4n) is 4.19. The quantitative estimate of drug-likeness (QED) is 0.605. The highest BCUT2D eigenvalue weighted by Crippen LogP contribution is 2.39. The van der Waals surface area contributed by atoms with Crippen LogP contribution in [-0.2, 0) is 4.79 Å². The monoisotopic (exact) mass is 387 g/mol. The van der Waals surface area contributed by atoms with E-state index in [1.165, 1.54) is 0 Å². The minimum absolute atomic E-state index is 0.218. The molecule has 2 fully saturated rings. The summed E-state index contributed by atoms with van der Waals surface area (Å²) in [5, 5.41) is 3.42. The molecule has 0 bridgehead atoms. The van der Waals surface area contributed by atoms with E-state index < -0.39 is 0 Å². The van der Waals surface area contributed by atoms with Crippen molar-refractivity contribution < 1.29 is 4.79 Å². The summed E-state index contributed by atoms with van der Waals surface area (Å²) in [5.74, 6) is 1.91. The van der Waals surface area contributed by atoms with Crippen molar-refractivity contribution in [1.82, 2.24) is 25.1 Å². The Hall–Kier alpha value is -2.38. The maximum Gasteiger partial charge on any atom is 0.230 e. The zero-order valence-electron chi connectivity index (χ0n) is 17.4. The van der Waals surface area contributed by atoms with Crippen LogP contribution in [0.1, 0.15) is 32.6 Å². The van der Waals surface area contributed by atoms with Gasteiger partial charge in [0, 0.05) is 59.2 Å². The average Bonchev–Trinajstić information content (AvgIpc) is 3.21. The summed E-state index contributed by atoms with van der Waals surface area (Å²) < 4.78 is 0. The maximum absolute atomic E-state index is 12.8. The van der Waals surface area contributed by atoms with Gasteiger partial charge in [-0.2, -0.15) is 0 Å². The molecule has 0 aromatic carbocycles. The minimum Gasteiger partial charge on any atom is -0.357 e. The number of amides is 1. The molecule has 0 atom stereocenters. The molecule has 28 heavy (non-hydrogen) atoms. The number of guanidine groups is 1. The molecule has 1 aliphatic heterocycles. The van der Waals surface area contributed by atoms with Crippen LogP contribution < -0.4 is 10.2 Å². The lowest BCUT2D eigenvalue weighted by molar-refractivity contribution is -0.138. The van der Waals surface area contributed by atoms with Crippen LogP contribution in [0.3, 0.4) is 0 Å². The minimum atomic E-state index is -0.329. The first-order valence-corrected chi connectivity index (χ1v) is 10.3. The predicted octanol–water partition coefficient (Wildman–Crippen LogP) is 1.21. The molecule has 1 saturated carbocycles. The molecular formula is C20H33N7O. The number of aliphatic imine (C=N–C) groups is 1. The van der Waals surface area contributed by atoms with Crippen molar-refractivity contribution in [2.45, 2.75) is 32.6 Å². The predicted molar refractivity (Wildman–Crippen MR) is 111 cm³/mol. The van der Waals surface area contributed by atoms with Crippen molar-refractivity contribution in [3.05, 3.63) is 18.5 Å². The van der Waals surface area contributed by atoms with E-state index >= 15 is 0 Å². The van der Waals surface area contributed by atoms with Gasteiger partial charge in [0.25, 0.3) is 0 Å². The van der Waals surface area contributed by atoms with Gasteiger partial charge < -0.3 is 20.0 Å². The average molecular weight is 388 g/mol. The summed E-state index contributed by atoms with van der Waals surface area (Å²) >= 11 is 0. The Kier molecular flexibility index (Phi) is 6.70. The number of piperazine rings is 1. The molecule has 1 amide bonds. The fourth-order valence-corrected chi connectivity index (χ4v) is 4.19. The van der Waals surface area contributed by atoms with E-state index in [0.717, 1.165) is 70.3 Å². The van der Waals surface area contributed by atoms with Gasteiger partial charge in [0.05, 0.1) is 12.0 Å². The van der Waals surface area contributed by atoms with Gasteiger partial charge in [-0.1, -0.05) is 12.8 Å². The second kappa shape index (κ2) is 9.21. The Balaban J connectivity index is 1.67. The molecule has 1 aromatic heterocycles. The Bertz CT molecular complexity index is 662.